The van der Waals surface area contributed by atoms with E-state index >= 15 is 0 Å². The predicted octanol–water partition coefficient (Wildman–Crippen LogP) is 4.27. The summed E-state index contributed by atoms with van der Waals surface area (Å²) in [6.07, 6.45) is 15.7. The summed E-state index contributed by atoms with van der Waals surface area (Å²) in [6, 6.07) is 0. The zero-order valence-corrected chi connectivity index (χ0v) is 25.4. The molecule has 0 aliphatic rings. The molecule has 0 rings (SSSR count). The van der Waals surface area contributed by atoms with Crippen molar-refractivity contribution in [1.29, 1.82) is 0 Å². The van der Waals surface area contributed by atoms with E-state index in [1.165, 1.54) is 19.3 Å². The summed E-state index contributed by atoms with van der Waals surface area (Å²) < 4.78 is 0. The molecule has 167 valence electrons. The van der Waals surface area contributed by atoms with Crippen LogP contribution < -0.4 is 21.3 Å². The average Bonchev–Trinajstić information content (AvgIpc) is 2.62. The molecule has 27 heavy (non-hydrogen) atoms. The Kier molecular flexibility index (Phi) is 98.1. The van der Waals surface area contributed by atoms with Gasteiger partial charge in [0.05, 0.1) is 0 Å². The molecule has 0 unspecified atom stereocenters. The number of halogens is 4. The Morgan fingerprint density at radius 1 is 0.741 bits per heavy atom. The third-order valence-electron chi connectivity index (χ3n) is 2.90. The van der Waals surface area contributed by atoms with E-state index in [0.29, 0.717) is 0 Å². The molecule has 0 spiro atoms. The van der Waals surface area contributed by atoms with Crippen molar-refractivity contribution < 1.29 is 15.7 Å². The Labute approximate surface area is 223 Å². The summed E-state index contributed by atoms with van der Waals surface area (Å²) >= 11 is 1.90. The summed E-state index contributed by atoms with van der Waals surface area (Å²) in [7, 11) is 4.02. The molecular formula is C17H39Br4N4SV-. The Bertz CT molecular complexity index is 244. The van der Waals surface area contributed by atoms with Gasteiger partial charge in [-0.2, -0.15) is 0 Å². The van der Waals surface area contributed by atoms with Gasteiger partial charge in [-0.25, -0.2) is 0 Å². The summed E-state index contributed by atoms with van der Waals surface area (Å²) in [5.74, 6) is 0. The van der Waals surface area contributed by atoms with Gasteiger partial charge in [-0.1, -0.05) is 13.0 Å². The molecule has 0 radical (unpaired) electrons. The van der Waals surface area contributed by atoms with Crippen molar-refractivity contribution in [3.63, 3.8) is 0 Å². The summed E-state index contributed by atoms with van der Waals surface area (Å²) in [6.45, 7) is 14.7. The molecule has 0 saturated carbocycles. The molecule has 4 nitrogen and oxygen atoms in total. The van der Waals surface area contributed by atoms with E-state index in [1.54, 1.807) is 0 Å². The van der Waals surface area contributed by atoms with E-state index in [4.69, 9.17) is 6.42 Å². The predicted molar refractivity (Wildman–Crippen MR) is 143 cm³/mol. The van der Waals surface area contributed by atoms with Gasteiger partial charge in [0, 0.05) is 0 Å². The first-order chi connectivity index (χ1) is 11.4. The normalized spacial score (nSPS) is 7.78. The van der Waals surface area contributed by atoms with Crippen molar-refractivity contribution in [2.75, 3.05) is 52.4 Å². The van der Waals surface area contributed by atoms with Gasteiger partial charge < -0.3 is 34.1 Å². The van der Waals surface area contributed by atoms with Crippen molar-refractivity contribution in [1.82, 2.24) is 21.3 Å². The van der Waals surface area contributed by atoms with Crippen LogP contribution in [-0.4, -0.2) is 52.4 Å². The second-order valence-corrected chi connectivity index (χ2v) is 4.74. The Balaban J connectivity index is -0.0000000932. The van der Waals surface area contributed by atoms with E-state index in [2.05, 4.69) is 51.5 Å². The first-order valence-corrected chi connectivity index (χ1v) is 10.4. The van der Waals surface area contributed by atoms with E-state index in [-0.39, 0.29) is 67.9 Å². The first kappa shape index (κ1) is 46.9. The third kappa shape index (κ3) is 58.4. The van der Waals surface area contributed by atoms with Gasteiger partial charge in [0.15, 0.2) is 0 Å². The van der Waals surface area contributed by atoms with Gasteiger partial charge in [0.1, 0.15) is 0 Å². The quantitative estimate of drug-likeness (QED) is 0.0835. The van der Waals surface area contributed by atoms with E-state index in [9.17, 15) is 0 Å². The summed E-state index contributed by atoms with van der Waals surface area (Å²) in [5.41, 5.74) is 0. The van der Waals surface area contributed by atoms with Crippen LogP contribution in [0.25, 0.3) is 0 Å². The van der Waals surface area contributed by atoms with Crippen LogP contribution in [0.4, 0.5) is 0 Å². The summed E-state index contributed by atoms with van der Waals surface area (Å²) in [4.78, 5) is 0. The number of nitrogens with one attached hydrogen (secondary N) is 4. The van der Waals surface area contributed by atoms with Crippen LogP contribution in [-0.2, 0) is 15.7 Å². The Morgan fingerprint density at radius 2 is 1.04 bits per heavy atom. The van der Waals surface area contributed by atoms with E-state index < -0.39 is 0 Å². The van der Waals surface area contributed by atoms with Crippen molar-refractivity contribution >= 4 is 78.2 Å². The zero-order valence-electron chi connectivity index (χ0n) is 16.3. The van der Waals surface area contributed by atoms with Crippen LogP contribution >= 0.6 is 78.2 Å². The van der Waals surface area contributed by atoms with Gasteiger partial charge in [-0.3, -0.25) is 0 Å². The molecule has 0 aromatic rings. The Morgan fingerprint density at radius 3 is 1.33 bits per heavy atom. The fourth-order valence-electron chi connectivity index (χ4n) is 1.77. The van der Waals surface area contributed by atoms with Gasteiger partial charge in [0.2, 0.25) is 0 Å². The van der Waals surface area contributed by atoms with Crippen molar-refractivity contribution in [2.24, 2.45) is 0 Å². The molecule has 4 N–H and O–H groups in total. The molecule has 0 fully saturated rings. The maximum absolute atomic E-state index is 5.25. The molecule has 0 atom stereocenters. The van der Waals surface area contributed by atoms with Crippen LogP contribution in [0, 0.1) is 12.8 Å². The monoisotopic (exact) mass is 708 g/mol. The van der Waals surface area contributed by atoms with Crippen LogP contribution in [0.5, 0.6) is 0 Å². The van der Waals surface area contributed by atoms with Gasteiger partial charge in [-0.05, 0) is 78.0 Å². The third-order valence-corrected chi connectivity index (χ3v) is 2.90. The van der Waals surface area contributed by atoms with Crippen molar-refractivity contribution in [3.05, 3.63) is 19.1 Å². The SMILES string of the molecule is Br.Br.Br.Br.C=CCCNCCCNCCCNCCCNCC.[17C-]#[17CH].[S]=[V]. The van der Waals surface area contributed by atoms with Gasteiger partial charge >= 0.3 is 26.0 Å². The second kappa shape index (κ2) is 56.5. The Hall–Kier alpha value is 1.86. The summed E-state index contributed by atoms with van der Waals surface area (Å²) in [5, 5.41) is 13.7. The minimum atomic E-state index is 0. The molecule has 0 aliphatic carbocycles. The molecule has 0 aliphatic heterocycles. The number of hydrogen-bond acceptors (Lipinski definition) is 5. The minimum absolute atomic E-state index is 0. The maximum atomic E-state index is 5.25. The first-order valence-electron chi connectivity index (χ1n) is 8.32. The van der Waals surface area contributed by atoms with E-state index in [0.717, 1.165) is 58.8 Å². The fourth-order valence-corrected chi connectivity index (χ4v) is 1.77. The molecule has 0 bridgehead atoms. The van der Waals surface area contributed by atoms with Crippen LogP contribution in [0.3, 0.4) is 0 Å². The van der Waals surface area contributed by atoms with E-state index in [1.807, 2.05) is 21.8 Å². The molecule has 0 aromatic heterocycles. The molecular weight excluding hydrogens is 673 g/mol. The van der Waals surface area contributed by atoms with Gasteiger partial charge in [-0.15, -0.1) is 74.5 Å². The van der Waals surface area contributed by atoms with Gasteiger partial charge in [0.25, 0.3) is 0 Å². The van der Waals surface area contributed by atoms with Crippen molar-refractivity contribution in [2.45, 2.75) is 32.6 Å². The average molecular weight is 712 g/mol. The molecule has 0 amide bonds. The fraction of sp³-hybridized carbons (Fsp3) is 0.765. The zero-order chi connectivity index (χ0) is 18.0. The molecule has 0 heterocycles. The van der Waals surface area contributed by atoms with Crippen LogP contribution in [0.1, 0.15) is 32.6 Å². The number of hydrogen-bond donors (Lipinski definition) is 4. The van der Waals surface area contributed by atoms with Crippen LogP contribution in [0.15, 0.2) is 12.7 Å². The topological polar surface area (TPSA) is 48.1 Å². The van der Waals surface area contributed by atoms with Crippen LogP contribution in [0.2, 0.25) is 0 Å². The molecule has 0 aromatic carbocycles. The number of terminal acetylenes is 1. The standard InChI is InChI=1S/C15H34N4.C2H.4BrH.S.V/c1-3-5-9-17-12-7-13-19-15-8-14-18-11-6-10-16-4-2;1-2;;;;;;/h3,16-19H,1,4-15H2,2H3;1H;4*1H;;/q;-1;;;;;;/i;1+5,2+5;;;;;;. The second-order valence-electron chi connectivity index (χ2n) is 4.74. The molecule has 0 saturated heterocycles. The molecule has 10 heteroatoms. The van der Waals surface area contributed by atoms with Crippen molar-refractivity contribution in [3.8, 4) is 6.42 Å². The number of rotatable bonds is 16.